The number of nitrogens with zero attached hydrogens (tertiary/aromatic N) is 1. The predicted octanol–water partition coefficient (Wildman–Crippen LogP) is 4.36. The Hall–Kier alpha value is -2.35. The van der Waals surface area contributed by atoms with Crippen LogP contribution in [0.3, 0.4) is 0 Å². The SMILES string of the molecule is O=C(Nc1ccc(F)c(F)c1F)C1CCN(C(=O)c2ccc(Br)cc2)CC1. The molecule has 0 unspecified atom stereocenters. The smallest absolute Gasteiger partial charge is 0.253 e. The number of rotatable bonds is 3. The maximum atomic E-state index is 13.7. The first-order valence-corrected chi connectivity index (χ1v) is 9.15. The Balaban J connectivity index is 1.59. The van der Waals surface area contributed by atoms with Crippen molar-refractivity contribution < 1.29 is 22.8 Å². The minimum atomic E-state index is -1.62. The largest absolute Gasteiger partial charge is 0.339 e. The lowest BCUT2D eigenvalue weighted by Crippen LogP contribution is -2.41. The van der Waals surface area contributed by atoms with E-state index in [4.69, 9.17) is 0 Å². The van der Waals surface area contributed by atoms with Gasteiger partial charge in [0.1, 0.15) is 0 Å². The molecule has 1 N–H and O–H groups in total. The molecule has 2 aromatic carbocycles. The molecule has 1 saturated heterocycles. The third-order valence-corrected chi connectivity index (χ3v) is 5.07. The number of hydrogen-bond acceptors (Lipinski definition) is 2. The van der Waals surface area contributed by atoms with Crippen molar-refractivity contribution in [2.45, 2.75) is 12.8 Å². The van der Waals surface area contributed by atoms with Crippen molar-refractivity contribution in [2.24, 2.45) is 5.92 Å². The van der Waals surface area contributed by atoms with Crippen molar-refractivity contribution >= 4 is 33.4 Å². The van der Waals surface area contributed by atoms with E-state index < -0.39 is 35.0 Å². The Morgan fingerprint density at radius 1 is 0.963 bits per heavy atom. The highest BCUT2D eigenvalue weighted by Gasteiger charge is 2.28. The Morgan fingerprint density at radius 2 is 1.59 bits per heavy atom. The second-order valence-corrected chi connectivity index (χ2v) is 7.20. The highest BCUT2D eigenvalue weighted by molar-refractivity contribution is 9.10. The lowest BCUT2D eigenvalue weighted by molar-refractivity contribution is -0.121. The quantitative estimate of drug-likeness (QED) is 0.720. The van der Waals surface area contributed by atoms with Crippen molar-refractivity contribution in [3.63, 3.8) is 0 Å². The number of benzene rings is 2. The molecule has 1 aliphatic heterocycles. The molecule has 0 radical (unpaired) electrons. The molecule has 0 spiro atoms. The van der Waals surface area contributed by atoms with E-state index in [1.807, 2.05) is 0 Å². The van der Waals surface area contributed by atoms with Gasteiger partial charge in [-0.15, -0.1) is 0 Å². The first-order chi connectivity index (χ1) is 12.9. The fourth-order valence-corrected chi connectivity index (χ4v) is 3.24. The summed E-state index contributed by atoms with van der Waals surface area (Å²) in [5, 5.41) is 2.30. The van der Waals surface area contributed by atoms with Gasteiger partial charge in [0.25, 0.3) is 5.91 Å². The van der Waals surface area contributed by atoms with Gasteiger partial charge in [-0.3, -0.25) is 9.59 Å². The van der Waals surface area contributed by atoms with Crippen LogP contribution >= 0.6 is 15.9 Å². The second-order valence-electron chi connectivity index (χ2n) is 6.29. The molecule has 1 aliphatic rings. The molecule has 8 heteroatoms. The Bertz CT molecular complexity index is 866. The molecule has 1 heterocycles. The lowest BCUT2D eigenvalue weighted by atomic mass is 9.95. The van der Waals surface area contributed by atoms with Crippen molar-refractivity contribution in [1.82, 2.24) is 4.90 Å². The number of hydrogen-bond donors (Lipinski definition) is 1. The molecule has 0 atom stereocenters. The van der Waals surface area contributed by atoms with Crippen LogP contribution in [-0.2, 0) is 4.79 Å². The number of likely N-dealkylation sites (tertiary alicyclic amines) is 1. The Kier molecular flexibility index (Phi) is 5.84. The average Bonchev–Trinajstić information content (AvgIpc) is 2.68. The van der Waals surface area contributed by atoms with E-state index >= 15 is 0 Å². The number of amides is 2. The van der Waals surface area contributed by atoms with Crippen LogP contribution in [0.15, 0.2) is 40.9 Å². The fourth-order valence-electron chi connectivity index (χ4n) is 2.98. The van der Waals surface area contributed by atoms with Crippen molar-refractivity contribution in [2.75, 3.05) is 18.4 Å². The van der Waals surface area contributed by atoms with Gasteiger partial charge in [0.15, 0.2) is 17.5 Å². The molecule has 0 bridgehead atoms. The molecule has 1 fully saturated rings. The fraction of sp³-hybridized carbons (Fsp3) is 0.263. The molecule has 0 saturated carbocycles. The van der Waals surface area contributed by atoms with Crippen LogP contribution < -0.4 is 5.32 Å². The van der Waals surface area contributed by atoms with E-state index in [0.29, 0.717) is 31.5 Å². The van der Waals surface area contributed by atoms with E-state index in [0.717, 1.165) is 16.6 Å². The van der Waals surface area contributed by atoms with E-state index in [1.54, 1.807) is 29.2 Å². The second kappa shape index (κ2) is 8.12. The first kappa shape index (κ1) is 19.4. The van der Waals surface area contributed by atoms with Crippen molar-refractivity contribution in [3.05, 3.63) is 63.9 Å². The maximum Gasteiger partial charge on any atom is 0.253 e. The van der Waals surface area contributed by atoms with E-state index in [-0.39, 0.29) is 5.91 Å². The molecule has 142 valence electrons. The van der Waals surface area contributed by atoms with Gasteiger partial charge >= 0.3 is 0 Å². The summed E-state index contributed by atoms with van der Waals surface area (Å²) < 4.78 is 40.8. The summed E-state index contributed by atoms with van der Waals surface area (Å²) in [6.45, 7) is 0.764. The van der Waals surface area contributed by atoms with Gasteiger partial charge in [-0.2, -0.15) is 0 Å². The average molecular weight is 441 g/mol. The monoisotopic (exact) mass is 440 g/mol. The van der Waals surface area contributed by atoms with E-state index in [2.05, 4.69) is 21.2 Å². The number of piperidine rings is 1. The molecule has 27 heavy (non-hydrogen) atoms. The van der Waals surface area contributed by atoms with Crippen LogP contribution in [0.25, 0.3) is 0 Å². The summed E-state index contributed by atoms with van der Waals surface area (Å²) in [4.78, 5) is 26.4. The zero-order valence-corrected chi connectivity index (χ0v) is 15.7. The predicted molar refractivity (Wildman–Crippen MR) is 97.7 cm³/mol. The van der Waals surface area contributed by atoms with E-state index in [9.17, 15) is 22.8 Å². The summed E-state index contributed by atoms with van der Waals surface area (Å²) in [5.41, 5.74) is 0.164. The van der Waals surface area contributed by atoms with Crippen LogP contribution in [0.1, 0.15) is 23.2 Å². The number of carbonyl (C=O) groups excluding carboxylic acids is 2. The van der Waals surface area contributed by atoms with Crippen LogP contribution in [0, 0.1) is 23.4 Å². The normalized spacial score (nSPS) is 14.9. The maximum absolute atomic E-state index is 13.7. The molecule has 2 amide bonds. The number of halogens is 4. The zero-order chi connectivity index (χ0) is 19.6. The number of nitrogens with one attached hydrogen (secondary N) is 1. The molecule has 2 aromatic rings. The van der Waals surface area contributed by atoms with Gasteiger partial charge in [0.05, 0.1) is 5.69 Å². The van der Waals surface area contributed by atoms with Crippen LogP contribution in [0.4, 0.5) is 18.9 Å². The molecule has 4 nitrogen and oxygen atoms in total. The molecular formula is C19H16BrF3N2O2. The summed E-state index contributed by atoms with van der Waals surface area (Å²) in [6, 6.07) is 8.74. The minimum Gasteiger partial charge on any atom is -0.339 e. The van der Waals surface area contributed by atoms with Gasteiger partial charge in [-0.25, -0.2) is 13.2 Å². The van der Waals surface area contributed by atoms with Gasteiger partial charge in [0, 0.05) is 29.0 Å². The summed E-state index contributed by atoms with van der Waals surface area (Å²) >= 11 is 3.31. The van der Waals surface area contributed by atoms with Crippen LogP contribution in [-0.4, -0.2) is 29.8 Å². The standard InChI is InChI=1S/C19H16BrF3N2O2/c20-13-3-1-12(2-4-13)19(27)25-9-7-11(8-10-25)18(26)24-15-6-5-14(21)16(22)17(15)23/h1-6,11H,7-10H2,(H,24,26). The van der Waals surface area contributed by atoms with Crippen LogP contribution in [0.2, 0.25) is 0 Å². The third-order valence-electron chi connectivity index (χ3n) is 4.54. The Morgan fingerprint density at radius 3 is 2.22 bits per heavy atom. The highest BCUT2D eigenvalue weighted by atomic mass is 79.9. The van der Waals surface area contributed by atoms with Gasteiger partial charge in [-0.1, -0.05) is 15.9 Å². The first-order valence-electron chi connectivity index (χ1n) is 8.36. The summed E-state index contributed by atoms with van der Waals surface area (Å²) in [5.74, 6) is -5.39. The van der Waals surface area contributed by atoms with Crippen molar-refractivity contribution in [3.8, 4) is 0 Å². The topological polar surface area (TPSA) is 49.4 Å². The highest BCUT2D eigenvalue weighted by Crippen LogP contribution is 2.24. The van der Waals surface area contributed by atoms with Gasteiger partial charge < -0.3 is 10.2 Å². The lowest BCUT2D eigenvalue weighted by Gasteiger charge is -2.31. The van der Waals surface area contributed by atoms with Gasteiger partial charge in [0.2, 0.25) is 5.91 Å². The molecular weight excluding hydrogens is 425 g/mol. The molecule has 0 aliphatic carbocycles. The Labute approximate surface area is 162 Å². The van der Waals surface area contributed by atoms with Crippen molar-refractivity contribution in [1.29, 1.82) is 0 Å². The summed E-state index contributed by atoms with van der Waals surface area (Å²) in [7, 11) is 0. The zero-order valence-electron chi connectivity index (χ0n) is 14.1. The summed E-state index contributed by atoms with van der Waals surface area (Å²) in [6.07, 6.45) is 0.804. The third kappa shape index (κ3) is 4.32. The minimum absolute atomic E-state index is 0.118. The van der Waals surface area contributed by atoms with Gasteiger partial charge in [-0.05, 0) is 49.2 Å². The van der Waals surface area contributed by atoms with E-state index in [1.165, 1.54) is 0 Å². The number of carbonyl (C=O) groups is 2. The number of anilines is 1. The molecule has 0 aromatic heterocycles. The molecule has 3 rings (SSSR count). The van der Waals surface area contributed by atoms with Crippen LogP contribution in [0.5, 0.6) is 0 Å².